The smallest absolute Gasteiger partial charge is 0.328 e. The summed E-state index contributed by atoms with van der Waals surface area (Å²) in [5.41, 5.74) is 0.340. The summed E-state index contributed by atoms with van der Waals surface area (Å²) >= 11 is 0. The fourth-order valence-electron chi connectivity index (χ4n) is 4.41. The zero-order valence-electron chi connectivity index (χ0n) is 16.1. The van der Waals surface area contributed by atoms with Crippen molar-refractivity contribution in [1.29, 1.82) is 0 Å². The van der Waals surface area contributed by atoms with Crippen LogP contribution in [0.3, 0.4) is 0 Å². The molecule has 0 radical (unpaired) electrons. The standard InChI is InChI=1S/C21H26N2O5/c1-3-18(25)22-14-7-8-17(24)15(11-14)19(26)23-13-21(9-5-4-6-10-21)12-16(23)20(27)28-2/h3,7-8,11,16,24H,1,4-6,9-10,12-13H2,2H3,(H,22,25). The van der Waals surface area contributed by atoms with Gasteiger partial charge in [-0.3, -0.25) is 9.59 Å². The van der Waals surface area contributed by atoms with E-state index in [9.17, 15) is 19.5 Å². The molecule has 2 aliphatic rings. The van der Waals surface area contributed by atoms with Gasteiger partial charge in [-0.2, -0.15) is 0 Å². The molecule has 2 amide bonds. The minimum atomic E-state index is -0.665. The first kappa shape index (κ1) is 19.9. The number of likely N-dealkylation sites (tertiary alicyclic amines) is 1. The van der Waals surface area contributed by atoms with Crippen LogP contribution in [0.5, 0.6) is 5.75 Å². The van der Waals surface area contributed by atoms with E-state index < -0.39 is 23.8 Å². The molecule has 150 valence electrons. The van der Waals surface area contributed by atoms with Crippen molar-refractivity contribution in [3.05, 3.63) is 36.4 Å². The van der Waals surface area contributed by atoms with E-state index in [1.165, 1.54) is 36.6 Å². The number of nitrogens with one attached hydrogen (secondary N) is 1. The molecule has 1 unspecified atom stereocenters. The van der Waals surface area contributed by atoms with E-state index in [2.05, 4.69) is 11.9 Å². The van der Waals surface area contributed by atoms with Crippen molar-refractivity contribution in [3.63, 3.8) is 0 Å². The minimum absolute atomic E-state index is 0.0450. The lowest BCUT2D eigenvalue weighted by molar-refractivity contribution is -0.145. The van der Waals surface area contributed by atoms with Crippen molar-refractivity contribution in [2.45, 2.75) is 44.6 Å². The number of hydrogen-bond acceptors (Lipinski definition) is 5. The van der Waals surface area contributed by atoms with Crippen LogP contribution in [0, 0.1) is 5.41 Å². The highest BCUT2D eigenvalue weighted by Crippen LogP contribution is 2.47. The maximum absolute atomic E-state index is 13.3. The quantitative estimate of drug-likeness (QED) is 0.471. The highest BCUT2D eigenvalue weighted by atomic mass is 16.5. The molecule has 3 rings (SSSR count). The summed E-state index contributed by atoms with van der Waals surface area (Å²) < 4.78 is 4.94. The van der Waals surface area contributed by atoms with Gasteiger partial charge in [0.1, 0.15) is 11.8 Å². The van der Waals surface area contributed by atoms with Crippen LogP contribution >= 0.6 is 0 Å². The molecule has 0 aromatic heterocycles. The van der Waals surface area contributed by atoms with E-state index in [1.54, 1.807) is 0 Å². The molecule has 28 heavy (non-hydrogen) atoms. The van der Waals surface area contributed by atoms with E-state index in [4.69, 9.17) is 4.74 Å². The lowest BCUT2D eigenvalue weighted by atomic mass is 9.73. The summed E-state index contributed by atoms with van der Waals surface area (Å²) in [6, 6.07) is 3.60. The molecule has 1 aliphatic heterocycles. The molecule has 2 N–H and O–H groups in total. The lowest BCUT2D eigenvalue weighted by Crippen LogP contribution is -2.41. The first-order chi connectivity index (χ1) is 13.4. The summed E-state index contributed by atoms with van der Waals surface area (Å²) in [5.74, 6) is -1.50. The van der Waals surface area contributed by atoms with Crippen molar-refractivity contribution in [2.24, 2.45) is 5.41 Å². The molecule has 7 heteroatoms. The number of rotatable bonds is 4. The van der Waals surface area contributed by atoms with Crippen molar-refractivity contribution >= 4 is 23.5 Å². The second-order valence-electron chi connectivity index (χ2n) is 7.66. The second-order valence-corrected chi connectivity index (χ2v) is 7.66. The van der Waals surface area contributed by atoms with Crippen LogP contribution in [-0.2, 0) is 14.3 Å². The molecular formula is C21H26N2O5. The van der Waals surface area contributed by atoms with Crippen LogP contribution in [0.15, 0.2) is 30.9 Å². The molecule has 1 atom stereocenters. The van der Waals surface area contributed by atoms with Gasteiger partial charge in [-0.15, -0.1) is 0 Å². The van der Waals surface area contributed by atoms with Crippen molar-refractivity contribution in [3.8, 4) is 5.75 Å². The molecule has 1 aliphatic carbocycles. The van der Waals surface area contributed by atoms with Crippen LogP contribution in [0.25, 0.3) is 0 Å². The number of hydrogen-bond donors (Lipinski definition) is 2. The van der Waals surface area contributed by atoms with Crippen LogP contribution in [-0.4, -0.2) is 47.5 Å². The minimum Gasteiger partial charge on any atom is -0.507 e. The number of benzene rings is 1. The van der Waals surface area contributed by atoms with Gasteiger partial charge in [0.05, 0.1) is 12.7 Å². The van der Waals surface area contributed by atoms with Gasteiger partial charge >= 0.3 is 5.97 Å². The molecule has 1 aromatic rings. The zero-order valence-corrected chi connectivity index (χ0v) is 16.1. The molecule has 1 saturated heterocycles. The maximum Gasteiger partial charge on any atom is 0.328 e. The number of phenolic OH excluding ortho intramolecular Hbond substituents is 1. The Morgan fingerprint density at radius 1 is 1.29 bits per heavy atom. The monoisotopic (exact) mass is 386 g/mol. The molecule has 2 fully saturated rings. The number of phenols is 1. The maximum atomic E-state index is 13.3. The summed E-state index contributed by atoms with van der Waals surface area (Å²) in [6.45, 7) is 3.86. The molecule has 1 heterocycles. The Kier molecular flexibility index (Phi) is 5.72. The Morgan fingerprint density at radius 2 is 2.00 bits per heavy atom. The van der Waals surface area contributed by atoms with Crippen LogP contribution in [0.2, 0.25) is 0 Å². The second kappa shape index (κ2) is 8.04. The number of amides is 2. The topological polar surface area (TPSA) is 95.9 Å². The van der Waals surface area contributed by atoms with Crippen LogP contribution in [0.1, 0.15) is 48.9 Å². The molecule has 1 aromatic carbocycles. The first-order valence-corrected chi connectivity index (χ1v) is 9.54. The van der Waals surface area contributed by atoms with Gasteiger partial charge in [0.2, 0.25) is 5.91 Å². The Bertz CT molecular complexity index is 798. The largest absolute Gasteiger partial charge is 0.507 e. The molecule has 1 saturated carbocycles. The Balaban J connectivity index is 1.90. The SMILES string of the molecule is C=CC(=O)Nc1ccc(O)c(C(=O)N2CC3(CCCCC3)CC2C(=O)OC)c1. The molecule has 1 spiro atoms. The van der Waals surface area contributed by atoms with Crippen molar-refractivity contribution < 1.29 is 24.2 Å². The third-order valence-corrected chi connectivity index (χ3v) is 5.84. The summed E-state index contributed by atoms with van der Waals surface area (Å²) in [5, 5.41) is 12.8. The summed E-state index contributed by atoms with van der Waals surface area (Å²) in [6.07, 6.45) is 7.00. The highest BCUT2D eigenvalue weighted by molar-refractivity contribution is 6.03. The molecule has 0 bridgehead atoms. The van der Waals surface area contributed by atoms with Gasteiger partial charge in [-0.25, -0.2) is 4.79 Å². The number of anilines is 1. The van der Waals surface area contributed by atoms with Gasteiger partial charge in [0.15, 0.2) is 0 Å². The number of aromatic hydroxyl groups is 1. The Hall–Kier alpha value is -2.83. The van der Waals surface area contributed by atoms with E-state index in [0.29, 0.717) is 18.7 Å². The third kappa shape index (κ3) is 3.88. The lowest BCUT2D eigenvalue weighted by Gasteiger charge is -2.33. The van der Waals surface area contributed by atoms with Crippen LogP contribution in [0.4, 0.5) is 5.69 Å². The van der Waals surface area contributed by atoms with Crippen LogP contribution < -0.4 is 5.32 Å². The number of esters is 1. The van der Waals surface area contributed by atoms with Gasteiger partial charge in [0, 0.05) is 12.2 Å². The van der Waals surface area contributed by atoms with Crippen molar-refractivity contribution in [2.75, 3.05) is 19.0 Å². The van der Waals surface area contributed by atoms with Gasteiger partial charge in [-0.1, -0.05) is 25.8 Å². The predicted octanol–water partition coefficient (Wildman–Crippen LogP) is 2.85. The predicted molar refractivity (Wildman–Crippen MR) is 104 cm³/mol. The third-order valence-electron chi connectivity index (χ3n) is 5.84. The molecule has 7 nitrogen and oxygen atoms in total. The van der Waals surface area contributed by atoms with Gasteiger partial charge in [0.25, 0.3) is 5.91 Å². The fourth-order valence-corrected chi connectivity index (χ4v) is 4.41. The van der Waals surface area contributed by atoms with E-state index in [-0.39, 0.29) is 16.7 Å². The Morgan fingerprint density at radius 3 is 2.64 bits per heavy atom. The number of ether oxygens (including phenoxy) is 1. The molecular weight excluding hydrogens is 360 g/mol. The normalized spacial score (nSPS) is 20.6. The summed E-state index contributed by atoms with van der Waals surface area (Å²) in [4.78, 5) is 38.7. The number of nitrogens with zero attached hydrogens (tertiary/aromatic N) is 1. The Labute approximate surface area is 164 Å². The van der Waals surface area contributed by atoms with E-state index >= 15 is 0 Å². The van der Waals surface area contributed by atoms with E-state index in [0.717, 1.165) is 31.8 Å². The van der Waals surface area contributed by atoms with Gasteiger partial charge < -0.3 is 20.1 Å². The summed E-state index contributed by atoms with van der Waals surface area (Å²) in [7, 11) is 1.32. The van der Waals surface area contributed by atoms with Gasteiger partial charge in [-0.05, 0) is 49.0 Å². The first-order valence-electron chi connectivity index (χ1n) is 9.54. The zero-order chi connectivity index (χ0) is 20.3. The number of carbonyl (C=O) groups excluding carboxylic acids is 3. The fraction of sp³-hybridized carbons (Fsp3) is 0.476. The van der Waals surface area contributed by atoms with E-state index in [1.807, 2.05) is 0 Å². The average molecular weight is 386 g/mol. The highest BCUT2D eigenvalue weighted by Gasteiger charge is 2.49. The number of methoxy groups -OCH3 is 1. The average Bonchev–Trinajstić information content (AvgIpc) is 3.07. The van der Waals surface area contributed by atoms with Crippen molar-refractivity contribution in [1.82, 2.24) is 4.90 Å². The number of carbonyl (C=O) groups is 3.